The number of aromatic nitrogens is 2. The van der Waals surface area contributed by atoms with Gasteiger partial charge in [-0.15, -0.1) is 11.3 Å². The SMILES string of the molecule is O=C(N/N=C\c1cc(Br)ccc1O)c1cc(-c2ccc(Cl)s2)[nH]n1. The lowest BCUT2D eigenvalue weighted by atomic mass is 10.2. The number of hydrazone groups is 1. The molecule has 0 bridgehead atoms. The maximum Gasteiger partial charge on any atom is 0.291 e. The van der Waals surface area contributed by atoms with Crippen LogP contribution in [-0.2, 0) is 0 Å². The zero-order valence-corrected chi connectivity index (χ0v) is 15.1. The third-order valence-electron chi connectivity index (χ3n) is 3.01. The highest BCUT2D eigenvalue weighted by Gasteiger charge is 2.12. The van der Waals surface area contributed by atoms with E-state index in [2.05, 4.69) is 36.7 Å². The largest absolute Gasteiger partial charge is 0.507 e. The van der Waals surface area contributed by atoms with Crippen molar-refractivity contribution in [2.75, 3.05) is 0 Å². The standard InChI is InChI=1S/C15H10BrClN4O2S/c16-9-1-2-12(22)8(5-9)7-18-21-15(23)11-6-10(19-20-11)13-3-4-14(17)24-13/h1-7,22H,(H,19,20)(H,21,23)/b18-7-. The average molecular weight is 426 g/mol. The fraction of sp³-hybridized carbons (Fsp3) is 0. The quantitative estimate of drug-likeness (QED) is 0.435. The third-order valence-corrected chi connectivity index (χ3v) is 4.77. The summed E-state index contributed by atoms with van der Waals surface area (Å²) < 4.78 is 1.45. The van der Waals surface area contributed by atoms with E-state index in [-0.39, 0.29) is 11.4 Å². The first kappa shape index (κ1) is 16.7. The van der Waals surface area contributed by atoms with Gasteiger partial charge in [0.25, 0.3) is 5.91 Å². The minimum atomic E-state index is -0.467. The van der Waals surface area contributed by atoms with Crippen LogP contribution in [-0.4, -0.2) is 27.4 Å². The van der Waals surface area contributed by atoms with Gasteiger partial charge in [-0.25, -0.2) is 5.43 Å². The molecule has 3 rings (SSSR count). The molecule has 0 radical (unpaired) electrons. The number of aromatic hydroxyl groups is 1. The normalized spacial score (nSPS) is 11.1. The number of hydrogen-bond acceptors (Lipinski definition) is 5. The van der Waals surface area contributed by atoms with Gasteiger partial charge in [0.1, 0.15) is 5.75 Å². The second-order valence-electron chi connectivity index (χ2n) is 4.67. The fourth-order valence-corrected chi connectivity index (χ4v) is 3.26. The molecule has 0 fully saturated rings. The number of thiophene rings is 1. The van der Waals surface area contributed by atoms with Crippen LogP contribution in [0.2, 0.25) is 4.34 Å². The zero-order chi connectivity index (χ0) is 17.1. The Bertz CT molecular complexity index is 922. The van der Waals surface area contributed by atoms with E-state index in [0.29, 0.717) is 15.6 Å². The van der Waals surface area contributed by atoms with Crippen molar-refractivity contribution in [1.82, 2.24) is 15.6 Å². The molecule has 0 atom stereocenters. The van der Waals surface area contributed by atoms with E-state index in [1.54, 1.807) is 24.3 Å². The molecular weight excluding hydrogens is 416 g/mol. The Morgan fingerprint density at radius 2 is 2.21 bits per heavy atom. The Morgan fingerprint density at radius 3 is 2.96 bits per heavy atom. The van der Waals surface area contributed by atoms with E-state index in [4.69, 9.17) is 11.6 Å². The number of phenols is 1. The van der Waals surface area contributed by atoms with Gasteiger partial charge in [-0.2, -0.15) is 10.2 Å². The van der Waals surface area contributed by atoms with Crippen LogP contribution in [0.3, 0.4) is 0 Å². The third kappa shape index (κ3) is 3.84. The molecule has 6 nitrogen and oxygen atoms in total. The van der Waals surface area contributed by atoms with Gasteiger partial charge >= 0.3 is 0 Å². The van der Waals surface area contributed by atoms with E-state index < -0.39 is 5.91 Å². The molecule has 9 heteroatoms. The van der Waals surface area contributed by atoms with Gasteiger partial charge in [-0.1, -0.05) is 27.5 Å². The van der Waals surface area contributed by atoms with Crippen molar-refractivity contribution in [1.29, 1.82) is 0 Å². The van der Waals surface area contributed by atoms with E-state index in [0.717, 1.165) is 9.35 Å². The van der Waals surface area contributed by atoms with Gasteiger partial charge in [0.15, 0.2) is 5.69 Å². The van der Waals surface area contributed by atoms with Crippen LogP contribution in [0, 0.1) is 0 Å². The molecule has 0 saturated carbocycles. The van der Waals surface area contributed by atoms with Gasteiger partial charge in [-0.05, 0) is 36.4 Å². The highest BCUT2D eigenvalue weighted by Crippen LogP contribution is 2.29. The molecule has 0 saturated heterocycles. The number of amides is 1. The maximum atomic E-state index is 12.0. The zero-order valence-electron chi connectivity index (χ0n) is 12.0. The summed E-state index contributed by atoms with van der Waals surface area (Å²) in [6, 6.07) is 10.1. The second-order valence-corrected chi connectivity index (χ2v) is 7.30. The summed E-state index contributed by atoms with van der Waals surface area (Å²) in [4.78, 5) is 12.9. The lowest BCUT2D eigenvalue weighted by Gasteiger charge is -1.99. The summed E-state index contributed by atoms with van der Waals surface area (Å²) in [5, 5.41) is 20.3. The van der Waals surface area contributed by atoms with E-state index in [9.17, 15) is 9.90 Å². The highest BCUT2D eigenvalue weighted by atomic mass is 79.9. The predicted octanol–water partition coefficient (Wildman–Crippen LogP) is 4.02. The summed E-state index contributed by atoms with van der Waals surface area (Å²) in [5.74, 6) is -0.404. The minimum Gasteiger partial charge on any atom is -0.507 e. The average Bonchev–Trinajstić information content (AvgIpc) is 3.19. The fourth-order valence-electron chi connectivity index (χ4n) is 1.87. The number of phenolic OH excluding ortho intramolecular Hbond substituents is 1. The second kappa shape index (κ2) is 7.16. The number of nitrogens with one attached hydrogen (secondary N) is 2. The number of hydrogen-bond donors (Lipinski definition) is 3. The van der Waals surface area contributed by atoms with Crippen LogP contribution in [0.15, 0.2) is 46.0 Å². The summed E-state index contributed by atoms with van der Waals surface area (Å²) in [6.45, 7) is 0. The van der Waals surface area contributed by atoms with Crippen LogP contribution >= 0.6 is 38.9 Å². The molecule has 2 heterocycles. The smallest absolute Gasteiger partial charge is 0.291 e. The number of H-pyrrole nitrogens is 1. The maximum absolute atomic E-state index is 12.0. The van der Waals surface area contributed by atoms with Crippen molar-refractivity contribution in [2.24, 2.45) is 5.10 Å². The summed E-state index contributed by atoms with van der Waals surface area (Å²) in [5.41, 5.74) is 3.73. The minimum absolute atomic E-state index is 0.0628. The Labute approximate surface area is 154 Å². The van der Waals surface area contributed by atoms with Crippen LogP contribution < -0.4 is 5.43 Å². The predicted molar refractivity (Wildman–Crippen MR) is 97.8 cm³/mol. The van der Waals surface area contributed by atoms with Gasteiger partial charge in [0.2, 0.25) is 0 Å². The molecule has 122 valence electrons. The van der Waals surface area contributed by atoms with E-state index in [1.165, 1.54) is 23.6 Å². The van der Waals surface area contributed by atoms with Crippen molar-refractivity contribution in [3.8, 4) is 16.3 Å². The molecule has 3 N–H and O–H groups in total. The monoisotopic (exact) mass is 424 g/mol. The topological polar surface area (TPSA) is 90.4 Å². The molecule has 0 spiro atoms. The summed E-state index contributed by atoms with van der Waals surface area (Å²) in [6.07, 6.45) is 1.35. The van der Waals surface area contributed by atoms with Gasteiger partial charge in [0, 0.05) is 10.0 Å². The lowest BCUT2D eigenvalue weighted by Crippen LogP contribution is -2.18. The molecule has 24 heavy (non-hydrogen) atoms. The number of benzene rings is 1. The van der Waals surface area contributed by atoms with Crippen molar-refractivity contribution in [3.63, 3.8) is 0 Å². The first-order valence-corrected chi connectivity index (χ1v) is 8.65. The Morgan fingerprint density at radius 1 is 1.38 bits per heavy atom. The van der Waals surface area contributed by atoms with Crippen LogP contribution in [0.25, 0.3) is 10.6 Å². The molecular formula is C15H10BrClN4O2S. The molecule has 1 amide bonds. The molecule has 2 aromatic heterocycles. The van der Waals surface area contributed by atoms with Crippen molar-refractivity contribution < 1.29 is 9.90 Å². The first-order valence-electron chi connectivity index (χ1n) is 6.66. The van der Waals surface area contributed by atoms with Gasteiger partial charge in [-0.3, -0.25) is 9.89 Å². The lowest BCUT2D eigenvalue weighted by molar-refractivity contribution is 0.0950. The molecule has 0 aliphatic rings. The Hall–Kier alpha value is -2.16. The van der Waals surface area contributed by atoms with Gasteiger partial charge < -0.3 is 5.11 Å². The molecule has 0 aliphatic carbocycles. The van der Waals surface area contributed by atoms with Crippen molar-refractivity contribution in [2.45, 2.75) is 0 Å². The molecule has 1 aromatic carbocycles. The Kier molecular flexibility index (Phi) is 4.98. The van der Waals surface area contributed by atoms with Crippen LogP contribution in [0.4, 0.5) is 0 Å². The summed E-state index contributed by atoms with van der Waals surface area (Å²) >= 11 is 10.6. The number of rotatable bonds is 4. The number of carbonyl (C=O) groups excluding carboxylic acids is 1. The number of nitrogens with zero attached hydrogens (tertiary/aromatic N) is 2. The summed E-state index contributed by atoms with van der Waals surface area (Å²) in [7, 11) is 0. The number of halogens is 2. The molecule has 0 unspecified atom stereocenters. The van der Waals surface area contributed by atoms with Crippen molar-refractivity contribution >= 4 is 51.0 Å². The Balaban J connectivity index is 1.68. The highest BCUT2D eigenvalue weighted by molar-refractivity contribution is 9.10. The molecule has 3 aromatic rings. The first-order chi connectivity index (χ1) is 11.5. The number of aromatic amines is 1. The van der Waals surface area contributed by atoms with E-state index in [1.807, 2.05) is 6.07 Å². The van der Waals surface area contributed by atoms with Crippen molar-refractivity contribution in [3.05, 3.63) is 56.5 Å². The number of carbonyl (C=O) groups is 1. The van der Waals surface area contributed by atoms with Crippen LogP contribution in [0.1, 0.15) is 16.1 Å². The molecule has 0 aliphatic heterocycles. The van der Waals surface area contributed by atoms with Gasteiger partial charge in [0.05, 0.1) is 21.1 Å². The van der Waals surface area contributed by atoms with Crippen LogP contribution in [0.5, 0.6) is 5.75 Å². The van der Waals surface area contributed by atoms with E-state index >= 15 is 0 Å².